The highest BCUT2D eigenvalue weighted by Crippen LogP contribution is 2.38. The Kier molecular flexibility index (Phi) is 3.96. The number of aryl methyl sites for hydroxylation is 1. The number of hydrogen-bond donors (Lipinski definition) is 0. The maximum atomic E-state index is 13.2. The number of benzene rings is 1. The predicted octanol–water partition coefficient (Wildman–Crippen LogP) is 2.86. The molecule has 1 aromatic heterocycles. The van der Waals surface area contributed by atoms with E-state index in [4.69, 9.17) is 9.26 Å². The number of hydrogen-bond acceptors (Lipinski definition) is 5. The highest BCUT2D eigenvalue weighted by atomic mass is 16.5. The average Bonchev–Trinajstić information content (AvgIpc) is 3.29. The van der Waals surface area contributed by atoms with E-state index in [-0.39, 0.29) is 17.9 Å². The van der Waals surface area contributed by atoms with Crippen molar-refractivity contribution in [3.8, 4) is 5.75 Å². The molecule has 2 aliphatic heterocycles. The standard InChI is InChI=1S/C18H21N3O3/c1-2-16-19-17(20-24-16)14-7-5-10-21(14)18(22)13-9-11-23-15-8-4-3-6-12(13)15/h3-4,6,8,13-14H,2,5,7,9-11H2,1H3/t13-,14+/m0/s1. The summed E-state index contributed by atoms with van der Waals surface area (Å²) in [6.45, 7) is 3.31. The molecule has 4 rings (SSSR count). The van der Waals surface area contributed by atoms with Gasteiger partial charge in [0.05, 0.1) is 18.6 Å². The van der Waals surface area contributed by atoms with E-state index in [1.165, 1.54) is 0 Å². The van der Waals surface area contributed by atoms with E-state index in [1.54, 1.807) is 0 Å². The molecule has 0 bridgehead atoms. The van der Waals surface area contributed by atoms with Crippen molar-refractivity contribution in [1.29, 1.82) is 0 Å². The zero-order valence-corrected chi connectivity index (χ0v) is 13.8. The number of fused-ring (bicyclic) bond motifs is 1. The van der Waals surface area contributed by atoms with E-state index in [0.29, 0.717) is 31.2 Å². The lowest BCUT2D eigenvalue weighted by Gasteiger charge is -2.30. The van der Waals surface area contributed by atoms with E-state index >= 15 is 0 Å². The maximum Gasteiger partial charge on any atom is 0.231 e. The van der Waals surface area contributed by atoms with Crippen LogP contribution < -0.4 is 4.74 Å². The van der Waals surface area contributed by atoms with Crippen molar-refractivity contribution in [2.45, 2.75) is 44.6 Å². The van der Waals surface area contributed by atoms with Crippen LogP contribution in [0, 0.1) is 0 Å². The fourth-order valence-electron chi connectivity index (χ4n) is 3.64. The van der Waals surface area contributed by atoms with Gasteiger partial charge in [-0.3, -0.25) is 4.79 Å². The van der Waals surface area contributed by atoms with Crippen LogP contribution in [0.3, 0.4) is 0 Å². The molecule has 2 aliphatic rings. The van der Waals surface area contributed by atoms with Crippen molar-refractivity contribution in [3.05, 3.63) is 41.5 Å². The molecule has 0 spiro atoms. The number of para-hydroxylation sites is 1. The highest BCUT2D eigenvalue weighted by molar-refractivity contribution is 5.85. The molecule has 24 heavy (non-hydrogen) atoms. The van der Waals surface area contributed by atoms with Gasteiger partial charge in [-0.1, -0.05) is 30.3 Å². The van der Waals surface area contributed by atoms with Crippen LogP contribution in [0.5, 0.6) is 5.75 Å². The number of ether oxygens (including phenoxy) is 1. The summed E-state index contributed by atoms with van der Waals surface area (Å²) in [6, 6.07) is 7.75. The fourth-order valence-corrected chi connectivity index (χ4v) is 3.64. The summed E-state index contributed by atoms with van der Waals surface area (Å²) in [5, 5.41) is 4.09. The molecule has 3 heterocycles. The molecular formula is C18H21N3O3. The van der Waals surface area contributed by atoms with E-state index in [2.05, 4.69) is 10.1 Å². The number of aromatic nitrogens is 2. The van der Waals surface area contributed by atoms with Gasteiger partial charge in [-0.25, -0.2) is 0 Å². The fraction of sp³-hybridized carbons (Fsp3) is 0.500. The first-order chi connectivity index (χ1) is 11.8. The quantitative estimate of drug-likeness (QED) is 0.867. The maximum absolute atomic E-state index is 13.2. The molecule has 1 fully saturated rings. The lowest BCUT2D eigenvalue weighted by molar-refractivity contribution is -0.134. The van der Waals surface area contributed by atoms with Crippen LogP contribution in [0.2, 0.25) is 0 Å². The van der Waals surface area contributed by atoms with Gasteiger partial charge in [-0.2, -0.15) is 4.98 Å². The Morgan fingerprint density at radius 1 is 1.33 bits per heavy atom. The number of amides is 1. The van der Waals surface area contributed by atoms with Gasteiger partial charge in [0.1, 0.15) is 5.75 Å². The topological polar surface area (TPSA) is 68.5 Å². The van der Waals surface area contributed by atoms with Crippen molar-refractivity contribution in [1.82, 2.24) is 15.0 Å². The molecule has 0 N–H and O–H groups in total. The zero-order chi connectivity index (χ0) is 16.5. The van der Waals surface area contributed by atoms with Gasteiger partial charge in [-0.15, -0.1) is 0 Å². The van der Waals surface area contributed by atoms with Crippen LogP contribution in [0.25, 0.3) is 0 Å². The third-order valence-electron chi connectivity index (χ3n) is 4.88. The van der Waals surface area contributed by atoms with Crippen LogP contribution in [-0.2, 0) is 11.2 Å². The minimum atomic E-state index is -0.145. The Hall–Kier alpha value is -2.37. The first kappa shape index (κ1) is 15.2. The number of likely N-dealkylation sites (tertiary alicyclic amines) is 1. The number of nitrogens with zero attached hydrogens (tertiary/aromatic N) is 3. The van der Waals surface area contributed by atoms with Crippen LogP contribution in [0.15, 0.2) is 28.8 Å². The Balaban J connectivity index is 1.60. The largest absolute Gasteiger partial charge is 0.493 e. The third-order valence-corrected chi connectivity index (χ3v) is 4.88. The van der Waals surface area contributed by atoms with Crippen molar-refractivity contribution < 1.29 is 14.1 Å². The smallest absolute Gasteiger partial charge is 0.231 e. The predicted molar refractivity (Wildman–Crippen MR) is 86.7 cm³/mol. The molecule has 1 saturated heterocycles. The number of carbonyl (C=O) groups is 1. The van der Waals surface area contributed by atoms with Gasteiger partial charge >= 0.3 is 0 Å². The zero-order valence-electron chi connectivity index (χ0n) is 13.8. The van der Waals surface area contributed by atoms with Crippen molar-refractivity contribution >= 4 is 5.91 Å². The molecule has 1 aromatic carbocycles. The van der Waals surface area contributed by atoms with Crippen LogP contribution in [-0.4, -0.2) is 34.1 Å². The Bertz CT molecular complexity index is 743. The lowest BCUT2D eigenvalue weighted by Crippen LogP contribution is -2.37. The SMILES string of the molecule is CCc1nc([C@H]2CCCN2C(=O)[C@H]2CCOc3ccccc32)no1. The second-order valence-electron chi connectivity index (χ2n) is 6.32. The Morgan fingerprint density at radius 3 is 3.04 bits per heavy atom. The molecule has 1 amide bonds. The summed E-state index contributed by atoms with van der Waals surface area (Å²) in [4.78, 5) is 19.6. The molecule has 0 unspecified atom stereocenters. The summed E-state index contributed by atoms with van der Waals surface area (Å²) in [5.74, 6) is 2.09. The molecule has 2 atom stereocenters. The van der Waals surface area contributed by atoms with Crippen molar-refractivity contribution in [2.24, 2.45) is 0 Å². The normalized spacial score (nSPS) is 23.0. The van der Waals surface area contributed by atoms with Crippen LogP contribution in [0.4, 0.5) is 0 Å². The summed E-state index contributed by atoms with van der Waals surface area (Å²) in [6.07, 6.45) is 3.28. The monoisotopic (exact) mass is 327 g/mol. The molecular weight excluding hydrogens is 306 g/mol. The Labute approximate surface area is 140 Å². The molecule has 6 nitrogen and oxygen atoms in total. The number of carbonyl (C=O) groups excluding carboxylic acids is 1. The van der Waals surface area contributed by atoms with E-state index < -0.39 is 0 Å². The van der Waals surface area contributed by atoms with E-state index in [1.807, 2.05) is 36.1 Å². The average molecular weight is 327 g/mol. The van der Waals surface area contributed by atoms with Crippen LogP contribution >= 0.6 is 0 Å². The van der Waals surface area contributed by atoms with Crippen molar-refractivity contribution in [3.63, 3.8) is 0 Å². The van der Waals surface area contributed by atoms with Gasteiger partial charge in [0.2, 0.25) is 11.8 Å². The van der Waals surface area contributed by atoms with Gasteiger partial charge < -0.3 is 14.2 Å². The minimum Gasteiger partial charge on any atom is -0.493 e. The van der Waals surface area contributed by atoms with Crippen molar-refractivity contribution in [2.75, 3.05) is 13.2 Å². The molecule has 2 aromatic rings. The molecule has 126 valence electrons. The van der Waals surface area contributed by atoms with Crippen LogP contribution in [0.1, 0.15) is 55.4 Å². The lowest BCUT2D eigenvalue weighted by atomic mass is 9.91. The van der Waals surface area contributed by atoms with Gasteiger partial charge in [0, 0.05) is 18.5 Å². The second kappa shape index (κ2) is 6.26. The third kappa shape index (κ3) is 2.56. The molecule has 0 aliphatic carbocycles. The first-order valence-electron chi connectivity index (χ1n) is 8.62. The second-order valence-corrected chi connectivity index (χ2v) is 6.32. The molecule has 0 saturated carbocycles. The van der Waals surface area contributed by atoms with Gasteiger partial charge in [0.15, 0.2) is 5.82 Å². The summed E-state index contributed by atoms with van der Waals surface area (Å²) in [7, 11) is 0. The van der Waals surface area contributed by atoms with E-state index in [9.17, 15) is 4.79 Å². The molecule has 6 heteroatoms. The minimum absolute atomic E-state index is 0.0726. The van der Waals surface area contributed by atoms with Gasteiger partial charge in [0.25, 0.3) is 0 Å². The summed E-state index contributed by atoms with van der Waals surface area (Å²) >= 11 is 0. The van der Waals surface area contributed by atoms with E-state index in [0.717, 1.165) is 30.7 Å². The highest BCUT2D eigenvalue weighted by Gasteiger charge is 2.38. The number of rotatable bonds is 3. The summed E-state index contributed by atoms with van der Waals surface area (Å²) in [5.41, 5.74) is 0.988. The Morgan fingerprint density at radius 2 is 2.21 bits per heavy atom. The summed E-state index contributed by atoms with van der Waals surface area (Å²) < 4.78 is 10.9. The molecule has 0 radical (unpaired) electrons. The first-order valence-corrected chi connectivity index (χ1v) is 8.62. The van der Waals surface area contributed by atoms with Gasteiger partial charge in [-0.05, 0) is 25.3 Å².